The molecule has 5 nitrogen and oxygen atoms in total. The van der Waals surface area contributed by atoms with Crippen molar-refractivity contribution in [2.24, 2.45) is 5.41 Å². The number of nitrogens with zero attached hydrogens (tertiary/aromatic N) is 1. The summed E-state index contributed by atoms with van der Waals surface area (Å²) in [5.41, 5.74) is -0.855. The predicted octanol–water partition coefficient (Wildman–Crippen LogP) is 2.95. The number of hydrogen-bond donors (Lipinski definition) is 2. The molecule has 7 heteroatoms. The van der Waals surface area contributed by atoms with E-state index in [1.54, 1.807) is 18.2 Å². The van der Waals surface area contributed by atoms with E-state index in [9.17, 15) is 19.4 Å². The quantitative estimate of drug-likeness (QED) is 0.850. The van der Waals surface area contributed by atoms with Gasteiger partial charge in [-0.2, -0.15) is 0 Å². The van der Waals surface area contributed by atoms with Crippen molar-refractivity contribution in [2.75, 3.05) is 13.1 Å². The number of rotatable bonds is 5. The molecule has 2 N–H and O–H groups in total. The Kier molecular flexibility index (Phi) is 5.13. The molecule has 1 aliphatic rings. The smallest absolute Gasteiger partial charge is 0.313 e. The first-order valence-electron chi connectivity index (χ1n) is 8.01. The second-order valence-corrected chi connectivity index (χ2v) is 6.86. The molecule has 1 aromatic heterocycles. The van der Waals surface area contributed by atoms with Crippen LogP contribution in [0.2, 0.25) is 5.22 Å². The molecular formula is C18H19ClFNO4. The van der Waals surface area contributed by atoms with Crippen LogP contribution in [0.15, 0.2) is 40.8 Å². The summed E-state index contributed by atoms with van der Waals surface area (Å²) in [6, 6.07) is 9.20. The first-order chi connectivity index (χ1) is 11.9. The minimum atomic E-state index is -1.40. The van der Waals surface area contributed by atoms with Crippen LogP contribution in [0.3, 0.4) is 0 Å². The number of piperidine rings is 1. The fourth-order valence-corrected chi connectivity index (χ4v) is 3.59. The Morgan fingerprint density at radius 3 is 2.84 bits per heavy atom. The van der Waals surface area contributed by atoms with E-state index < -0.39 is 23.3 Å². The summed E-state index contributed by atoms with van der Waals surface area (Å²) in [7, 11) is 0. The van der Waals surface area contributed by atoms with Crippen LogP contribution in [-0.2, 0) is 17.8 Å². The van der Waals surface area contributed by atoms with Crippen LogP contribution in [0.25, 0.3) is 0 Å². The van der Waals surface area contributed by atoms with Crippen molar-refractivity contribution in [1.82, 2.24) is 4.90 Å². The van der Waals surface area contributed by atoms with Gasteiger partial charge < -0.3 is 14.6 Å². The fourth-order valence-electron chi connectivity index (χ4n) is 3.43. The monoisotopic (exact) mass is 367 g/mol. The molecule has 0 unspecified atom stereocenters. The Balaban J connectivity index is 1.83. The molecule has 0 spiro atoms. The number of benzene rings is 1. The first-order valence-corrected chi connectivity index (χ1v) is 8.39. The number of carboxylic acid groups (broad SMARTS) is 1. The molecule has 2 heterocycles. The van der Waals surface area contributed by atoms with Crippen LogP contribution in [0.4, 0.5) is 4.39 Å². The maximum atomic E-state index is 13.5. The van der Waals surface area contributed by atoms with Gasteiger partial charge in [0.15, 0.2) is 5.22 Å². The standard InChI is InChI=1S/C18H19ClFNO4/c19-16-5-4-14(25-16)10-21-7-6-15(22)18(11-21,17(23)24)9-12-2-1-3-13(20)8-12/h1-5,8,15,22H,6-7,9-11H2,(H,23,24)/t15-,18+/m0/s1. The second-order valence-electron chi connectivity index (χ2n) is 6.49. The van der Waals surface area contributed by atoms with E-state index in [-0.39, 0.29) is 18.2 Å². The Bertz CT molecular complexity index is 765. The van der Waals surface area contributed by atoms with Crippen LogP contribution in [0, 0.1) is 11.2 Å². The van der Waals surface area contributed by atoms with E-state index in [1.807, 2.05) is 4.90 Å². The van der Waals surface area contributed by atoms with E-state index in [1.165, 1.54) is 18.2 Å². The number of halogens is 2. The van der Waals surface area contributed by atoms with E-state index >= 15 is 0 Å². The van der Waals surface area contributed by atoms with Crippen LogP contribution < -0.4 is 0 Å². The summed E-state index contributed by atoms with van der Waals surface area (Å²) in [6.45, 7) is 1.08. The van der Waals surface area contributed by atoms with Crippen molar-refractivity contribution < 1.29 is 23.8 Å². The molecule has 1 aromatic carbocycles. The van der Waals surface area contributed by atoms with E-state index in [4.69, 9.17) is 16.0 Å². The lowest BCUT2D eigenvalue weighted by Gasteiger charge is -2.43. The number of aliphatic carboxylic acids is 1. The zero-order valence-electron chi connectivity index (χ0n) is 13.5. The lowest BCUT2D eigenvalue weighted by atomic mass is 9.73. The SMILES string of the molecule is O=C(O)[C@]1(Cc2cccc(F)c2)CN(Cc2ccc(Cl)o2)CC[C@@H]1O. The maximum absolute atomic E-state index is 13.5. The van der Waals surface area contributed by atoms with Gasteiger partial charge in [0.1, 0.15) is 17.0 Å². The lowest BCUT2D eigenvalue weighted by Crippen LogP contribution is -2.56. The molecule has 25 heavy (non-hydrogen) atoms. The normalized spacial score (nSPS) is 24.4. The van der Waals surface area contributed by atoms with Gasteiger partial charge in [0.2, 0.25) is 0 Å². The number of aliphatic hydroxyl groups excluding tert-OH is 1. The molecule has 1 fully saturated rings. The van der Waals surface area contributed by atoms with Crippen LogP contribution in [0.1, 0.15) is 17.7 Å². The van der Waals surface area contributed by atoms with Crippen molar-refractivity contribution in [3.8, 4) is 0 Å². The molecule has 0 amide bonds. The third-order valence-electron chi connectivity index (χ3n) is 4.71. The Morgan fingerprint density at radius 1 is 1.40 bits per heavy atom. The van der Waals surface area contributed by atoms with Crippen LogP contribution in [-0.4, -0.2) is 40.3 Å². The minimum Gasteiger partial charge on any atom is -0.481 e. The fraction of sp³-hybridized carbons (Fsp3) is 0.389. The van der Waals surface area contributed by atoms with Crippen molar-refractivity contribution in [3.63, 3.8) is 0 Å². The number of carboxylic acids is 1. The summed E-state index contributed by atoms with van der Waals surface area (Å²) in [6.07, 6.45) is -0.642. The van der Waals surface area contributed by atoms with E-state index in [2.05, 4.69) is 0 Å². The molecule has 0 bridgehead atoms. The van der Waals surface area contributed by atoms with Gasteiger partial charge >= 0.3 is 5.97 Å². The Hall–Kier alpha value is -1.89. The third kappa shape index (κ3) is 3.86. The van der Waals surface area contributed by atoms with Gasteiger partial charge in [-0.15, -0.1) is 0 Å². The third-order valence-corrected chi connectivity index (χ3v) is 4.91. The summed E-state index contributed by atoms with van der Waals surface area (Å²) in [4.78, 5) is 14.0. The second kappa shape index (κ2) is 7.15. The van der Waals surface area contributed by atoms with Gasteiger partial charge in [0, 0.05) is 13.1 Å². The highest BCUT2D eigenvalue weighted by atomic mass is 35.5. The van der Waals surface area contributed by atoms with Crippen LogP contribution in [0.5, 0.6) is 0 Å². The number of likely N-dealkylation sites (tertiary alicyclic amines) is 1. The summed E-state index contributed by atoms with van der Waals surface area (Å²) < 4.78 is 18.8. The lowest BCUT2D eigenvalue weighted by molar-refractivity contribution is -0.163. The predicted molar refractivity (Wildman–Crippen MR) is 89.8 cm³/mol. The molecule has 0 radical (unpaired) electrons. The van der Waals surface area contributed by atoms with Gasteiger partial charge in [-0.25, -0.2) is 4.39 Å². The van der Waals surface area contributed by atoms with Gasteiger partial charge in [-0.3, -0.25) is 9.69 Å². The largest absolute Gasteiger partial charge is 0.481 e. The van der Waals surface area contributed by atoms with Crippen molar-refractivity contribution >= 4 is 17.6 Å². The molecule has 2 aromatic rings. The van der Waals surface area contributed by atoms with Crippen LogP contribution >= 0.6 is 11.6 Å². The van der Waals surface area contributed by atoms with E-state index in [0.29, 0.717) is 30.8 Å². The Labute approximate surface area is 149 Å². The molecule has 0 aliphatic carbocycles. The molecule has 3 rings (SSSR count). The number of furan rings is 1. The molecule has 134 valence electrons. The zero-order valence-corrected chi connectivity index (χ0v) is 14.2. The number of carbonyl (C=O) groups is 1. The molecule has 0 saturated carbocycles. The van der Waals surface area contributed by atoms with Crippen molar-refractivity contribution in [2.45, 2.75) is 25.5 Å². The highest BCUT2D eigenvalue weighted by Gasteiger charge is 2.49. The topological polar surface area (TPSA) is 73.9 Å². The van der Waals surface area contributed by atoms with Gasteiger partial charge in [0.25, 0.3) is 0 Å². The number of hydrogen-bond acceptors (Lipinski definition) is 4. The highest BCUT2D eigenvalue weighted by molar-refractivity contribution is 6.28. The van der Waals surface area contributed by atoms with Crippen molar-refractivity contribution in [3.05, 3.63) is 58.8 Å². The van der Waals surface area contributed by atoms with Crippen molar-refractivity contribution in [1.29, 1.82) is 0 Å². The first kappa shape index (κ1) is 17.9. The molecular weight excluding hydrogens is 349 g/mol. The summed E-state index contributed by atoms with van der Waals surface area (Å²) >= 11 is 5.78. The molecule has 1 aliphatic heterocycles. The molecule has 2 atom stereocenters. The average molecular weight is 368 g/mol. The summed E-state index contributed by atoms with van der Waals surface area (Å²) in [5.74, 6) is -0.886. The van der Waals surface area contributed by atoms with E-state index in [0.717, 1.165) is 0 Å². The number of aliphatic hydroxyl groups is 1. The minimum absolute atomic E-state index is 0.0523. The van der Waals surface area contributed by atoms with Gasteiger partial charge in [-0.05, 0) is 54.3 Å². The molecule has 1 saturated heterocycles. The van der Waals surface area contributed by atoms with Gasteiger partial charge in [0.05, 0.1) is 12.6 Å². The highest BCUT2D eigenvalue weighted by Crippen LogP contribution is 2.35. The van der Waals surface area contributed by atoms with Gasteiger partial charge in [-0.1, -0.05) is 12.1 Å². The average Bonchev–Trinajstić information content (AvgIpc) is 2.95. The maximum Gasteiger partial charge on any atom is 0.313 e. The Morgan fingerprint density at radius 2 is 2.20 bits per heavy atom. The zero-order chi connectivity index (χ0) is 18.0. The summed E-state index contributed by atoms with van der Waals surface area (Å²) in [5, 5.41) is 20.6.